The highest BCUT2D eigenvalue weighted by Crippen LogP contribution is 2.23. The third-order valence-electron chi connectivity index (χ3n) is 2.00. The molecule has 0 spiro atoms. The van der Waals surface area contributed by atoms with E-state index >= 15 is 0 Å². The Morgan fingerprint density at radius 3 is 2.20 bits per heavy atom. The minimum Gasteiger partial charge on any atom is -0.384 e. The second-order valence-corrected chi connectivity index (χ2v) is 4.14. The topological polar surface area (TPSA) is 20.2 Å². The van der Waals surface area contributed by atoms with Gasteiger partial charge in [-0.25, -0.2) is 0 Å². The van der Waals surface area contributed by atoms with Gasteiger partial charge in [-0.15, -0.1) is 0 Å². The number of aliphatic hydroxyl groups is 1. The van der Waals surface area contributed by atoms with Gasteiger partial charge in [0.25, 0.3) is 0 Å². The number of benzene rings is 1. The van der Waals surface area contributed by atoms with Crippen molar-refractivity contribution < 1.29 is 18.3 Å². The Kier molecular flexibility index (Phi) is 4.16. The molecule has 0 aliphatic heterocycles. The van der Waals surface area contributed by atoms with Gasteiger partial charge in [-0.05, 0) is 30.5 Å². The molecule has 1 N–H and O–H groups in total. The van der Waals surface area contributed by atoms with Crippen molar-refractivity contribution in [3.63, 3.8) is 0 Å². The third-order valence-corrected chi connectivity index (χ3v) is 2.53. The zero-order valence-electron chi connectivity index (χ0n) is 7.76. The van der Waals surface area contributed by atoms with E-state index in [1.165, 1.54) is 0 Å². The fraction of sp³-hybridized carbons (Fsp3) is 0.400. The maximum absolute atomic E-state index is 12.0. The van der Waals surface area contributed by atoms with E-state index in [9.17, 15) is 13.2 Å². The Hall–Kier alpha value is -0.550. The minimum atomic E-state index is -4.52. The van der Waals surface area contributed by atoms with E-state index < -0.39 is 12.3 Å². The predicted molar refractivity (Wildman–Crippen MR) is 54.5 cm³/mol. The average molecular weight is 283 g/mol. The van der Waals surface area contributed by atoms with Gasteiger partial charge < -0.3 is 5.11 Å². The molecule has 1 rings (SSSR count). The van der Waals surface area contributed by atoms with Crippen LogP contribution in [0.2, 0.25) is 0 Å². The number of hydrogen-bond acceptors (Lipinski definition) is 1. The summed E-state index contributed by atoms with van der Waals surface area (Å²) in [5, 5.41) is 8.77. The highest BCUT2D eigenvalue weighted by Gasteiger charge is 2.37. The second kappa shape index (κ2) is 4.99. The van der Waals surface area contributed by atoms with Crippen LogP contribution < -0.4 is 0 Å². The molecule has 1 aromatic carbocycles. The maximum atomic E-state index is 12.0. The number of hydrogen-bond donors (Lipinski definition) is 1. The van der Waals surface area contributed by atoms with Gasteiger partial charge in [-0.1, -0.05) is 28.1 Å². The molecule has 0 heterocycles. The molecule has 0 fully saturated rings. The molecule has 0 aliphatic rings. The highest BCUT2D eigenvalue weighted by molar-refractivity contribution is 9.10. The predicted octanol–water partition coefficient (Wildman–Crippen LogP) is 3.30. The Morgan fingerprint density at radius 2 is 1.73 bits per heavy atom. The SMILES string of the molecule is OC(CCc1ccc(Br)cc1)C(F)(F)F. The van der Waals surface area contributed by atoms with Gasteiger partial charge in [-0.2, -0.15) is 13.2 Å². The number of rotatable bonds is 3. The molecule has 0 aromatic heterocycles. The summed E-state index contributed by atoms with van der Waals surface area (Å²) in [4.78, 5) is 0. The summed E-state index contributed by atoms with van der Waals surface area (Å²) in [5.41, 5.74) is 0.779. The van der Waals surface area contributed by atoms with E-state index in [-0.39, 0.29) is 12.8 Å². The Balaban J connectivity index is 2.47. The summed E-state index contributed by atoms with van der Waals surface area (Å²) in [6.07, 6.45) is -6.84. The number of halogens is 4. The lowest BCUT2D eigenvalue weighted by Crippen LogP contribution is -2.28. The Labute approximate surface area is 94.0 Å². The highest BCUT2D eigenvalue weighted by atomic mass is 79.9. The van der Waals surface area contributed by atoms with Gasteiger partial charge in [0.2, 0.25) is 0 Å². The summed E-state index contributed by atoms with van der Waals surface area (Å²) >= 11 is 3.23. The molecule has 0 radical (unpaired) electrons. The van der Waals surface area contributed by atoms with Crippen molar-refractivity contribution in [1.29, 1.82) is 0 Å². The third kappa shape index (κ3) is 4.22. The average Bonchev–Trinajstić information content (AvgIpc) is 2.15. The van der Waals surface area contributed by atoms with Crippen LogP contribution in [-0.2, 0) is 6.42 Å². The number of aliphatic hydroxyl groups excluding tert-OH is 1. The normalized spacial score (nSPS) is 13.9. The smallest absolute Gasteiger partial charge is 0.384 e. The van der Waals surface area contributed by atoms with Crippen molar-refractivity contribution in [2.45, 2.75) is 25.1 Å². The zero-order chi connectivity index (χ0) is 11.5. The van der Waals surface area contributed by atoms with Crippen LogP contribution in [0, 0.1) is 0 Å². The van der Waals surface area contributed by atoms with Crippen molar-refractivity contribution in [2.24, 2.45) is 0 Å². The van der Waals surface area contributed by atoms with Gasteiger partial charge in [0.05, 0.1) is 0 Å². The van der Waals surface area contributed by atoms with Crippen molar-refractivity contribution >= 4 is 15.9 Å². The molecule has 0 amide bonds. The lowest BCUT2D eigenvalue weighted by molar-refractivity contribution is -0.205. The quantitative estimate of drug-likeness (QED) is 0.902. The summed E-state index contributed by atoms with van der Waals surface area (Å²) in [6, 6.07) is 6.98. The first kappa shape index (κ1) is 12.5. The van der Waals surface area contributed by atoms with Crippen molar-refractivity contribution in [3.05, 3.63) is 34.3 Å². The van der Waals surface area contributed by atoms with Crippen LogP contribution >= 0.6 is 15.9 Å². The first-order valence-electron chi connectivity index (χ1n) is 4.39. The molecule has 0 saturated carbocycles. The van der Waals surface area contributed by atoms with Crippen molar-refractivity contribution in [1.82, 2.24) is 0 Å². The summed E-state index contributed by atoms with van der Waals surface area (Å²) in [5.74, 6) is 0. The van der Waals surface area contributed by atoms with Crippen LogP contribution in [0.15, 0.2) is 28.7 Å². The molecule has 0 saturated heterocycles. The largest absolute Gasteiger partial charge is 0.414 e. The van der Waals surface area contributed by atoms with Gasteiger partial charge in [0.15, 0.2) is 0 Å². The van der Waals surface area contributed by atoms with Crippen LogP contribution in [0.3, 0.4) is 0 Å². The van der Waals surface area contributed by atoms with Crippen LogP contribution in [0.1, 0.15) is 12.0 Å². The lowest BCUT2D eigenvalue weighted by atomic mass is 10.1. The summed E-state index contributed by atoms with van der Waals surface area (Å²) < 4.78 is 36.8. The Bertz CT molecular complexity index is 307. The van der Waals surface area contributed by atoms with Crippen LogP contribution in [0.25, 0.3) is 0 Å². The standard InChI is InChI=1S/C10H10BrF3O/c11-8-4-1-7(2-5-8)3-6-9(15)10(12,13)14/h1-2,4-5,9,15H,3,6H2. The van der Waals surface area contributed by atoms with Gasteiger partial charge in [-0.3, -0.25) is 0 Å². The van der Waals surface area contributed by atoms with Gasteiger partial charge in [0.1, 0.15) is 6.10 Å². The van der Waals surface area contributed by atoms with Gasteiger partial charge >= 0.3 is 6.18 Å². The molecule has 0 bridgehead atoms. The van der Waals surface area contributed by atoms with E-state index in [1.54, 1.807) is 24.3 Å². The van der Waals surface area contributed by atoms with Crippen LogP contribution in [0.4, 0.5) is 13.2 Å². The molecule has 1 unspecified atom stereocenters. The first-order chi connectivity index (χ1) is 6.89. The van der Waals surface area contributed by atoms with E-state index in [4.69, 9.17) is 5.11 Å². The van der Waals surface area contributed by atoms with E-state index in [1.807, 2.05) is 0 Å². The number of aryl methyl sites for hydroxylation is 1. The fourth-order valence-electron chi connectivity index (χ4n) is 1.12. The van der Waals surface area contributed by atoms with Crippen LogP contribution in [0.5, 0.6) is 0 Å². The van der Waals surface area contributed by atoms with E-state index in [0.29, 0.717) is 0 Å². The molecule has 0 aliphatic carbocycles. The zero-order valence-corrected chi connectivity index (χ0v) is 9.35. The number of alkyl halides is 3. The molecule has 1 atom stereocenters. The van der Waals surface area contributed by atoms with E-state index in [2.05, 4.69) is 15.9 Å². The van der Waals surface area contributed by atoms with Crippen molar-refractivity contribution in [2.75, 3.05) is 0 Å². The minimum absolute atomic E-state index is 0.216. The Morgan fingerprint density at radius 1 is 1.20 bits per heavy atom. The van der Waals surface area contributed by atoms with Gasteiger partial charge in [0, 0.05) is 4.47 Å². The first-order valence-corrected chi connectivity index (χ1v) is 5.18. The molecule has 5 heteroatoms. The maximum Gasteiger partial charge on any atom is 0.414 e. The lowest BCUT2D eigenvalue weighted by Gasteiger charge is -2.13. The molecular weight excluding hydrogens is 273 g/mol. The second-order valence-electron chi connectivity index (χ2n) is 3.22. The molecule has 1 aromatic rings. The molecule has 84 valence electrons. The fourth-order valence-corrected chi connectivity index (χ4v) is 1.38. The summed E-state index contributed by atoms with van der Waals surface area (Å²) in [7, 11) is 0. The van der Waals surface area contributed by atoms with E-state index in [0.717, 1.165) is 10.0 Å². The molecule has 15 heavy (non-hydrogen) atoms. The monoisotopic (exact) mass is 282 g/mol. The summed E-state index contributed by atoms with van der Waals surface area (Å²) in [6.45, 7) is 0. The van der Waals surface area contributed by atoms with Crippen LogP contribution in [-0.4, -0.2) is 17.4 Å². The van der Waals surface area contributed by atoms with Crippen molar-refractivity contribution in [3.8, 4) is 0 Å². The molecular formula is C10H10BrF3O. The molecule has 1 nitrogen and oxygen atoms in total.